The Balaban J connectivity index is 2.11. The molecule has 0 bridgehead atoms. The number of fused-ring (bicyclic) bond motifs is 1. The molecule has 0 unspecified atom stereocenters. The minimum absolute atomic E-state index is 0.199. The lowest BCUT2D eigenvalue weighted by Gasteiger charge is -2.38. The summed E-state index contributed by atoms with van der Waals surface area (Å²) in [4.78, 5) is 14.2. The van der Waals surface area contributed by atoms with Gasteiger partial charge in [0.25, 0.3) is 5.91 Å². The molecule has 1 radical (unpaired) electrons. The van der Waals surface area contributed by atoms with Crippen LogP contribution < -0.4 is 14.4 Å². The molecule has 25 heavy (non-hydrogen) atoms. The van der Waals surface area contributed by atoms with E-state index in [4.69, 9.17) is 4.74 Å². The summed E-state index contributed by atoms with van der Waals surface area (Å²) in [6.45, 7) is 3.21. The Labute approximate surface area is 145 Å². The molecule has 2 aromatic rings. The van der Waals surface area contributed by atoms with Gasteiger partial charge in [-0.3, -0.25) is 14.4 Å². The Kier molecular flexibility index (Phi) is 3.95. The molecule has 6 nitrogen and oxygen atoms in total. The van der Waals surface area contributed by atoms with Gasteiger partial charge in [0.05, 0.1) is 17.6 Å². The fourth-order valence-corrected chi connectivity index (χ4v) is 3.04. The van der Waals surface area contributed by atoms with E-state index in [0.29, 0.717) is 17.1 Å². The first kappa shape index (κ1) is 17.2. The lowest BCUT2D eigenvalue weighted by Crippen LogP contribution is -2.50. The van der Waals surface area contributed by atoms with Crippen LogP contribution in [0.1, 0.15) is 13.8 Å². The number of carbonyl (C=O) groups excluding carboxylic acids is 1. The Morgan fingerprint density at radius 2 is 1.88 bits per heavy atom. The summed E-state index contributed by atoms with van der Waals surface area (Å²) in [7, 11) is -3.47. The van der Waals surface area contributed by atoms with Gasteiger partial charge in [-0.15, -0.1) is 0 Å². The first-order valence-electron chi connectivity index (χ1n) is 7.39. The predicted molar refractivity (Wildman–Crippen MR) is 92.0 cm³/mol. The number of carbonyl (C=O) groups is 1. The maximum absolute atomic E-state index is 13.2. The lowest BCUT2D eigenvalue weighted by molar-refractivity contribution is -0.131. The molecule has 0 spiro atoms. The summed E-state index contributed by atoms with van der Waals surface area (Å²) in [6.07, 6.45) is 1.03. The number of halogens is 1. The number of nitrogens with one attached hydrogen (secondary N) is 1. The highest BCUT2D eigenvalue weighted by molar-refractivity contribution is 7.92. The molecule has 0 aromatic heterocycles. The third-order valence-corrected chi connectivity index (χ3v) is 4.19. The minimum Gasteiger partial charge on any atom is -0.476 e. The number of hydrogen-bond donors (Lipinski definition) is 1. The highest BCUT2D eigenvalue weighted by Crippen LogP contribution is 2.43. The van der Waals surface area contributed by atoms with E-state index in [-0.39, 0.29) is 11.6 Å². The summed E-state index contributed by atoms with van der Waals surface area (Å²) in [5.41, 5.74) is -0.104. The molecule has 0 saturated heterocycles. The van der Waals surface area contributed by atoms with E-state index in [2.05, 4.69) is 10.8 Å². The van der Waals surface area contributed by atoms with Crippen LogP contribution in [0, 0.1) is 11.9 Å². The smallest absolute Gasteiger partial charge is 0.275 e. The van der Waals surface area contributed by atoms with Gasteiger partial charge in [-0.2, -0.15) is 0 Å². The largest absolute Gasteiger partial charge is 0.476 e. The summed E-state index contributed by atoms with van der Waals surface area (Å²) in [6, 6.07) is 11.2. The number of nitrogens with zero attached hydrogens (tertiary/aromatic N) is 1. The molecule has 2 aromatic carbocycles. The van der Waals surface area contributed by atoms with Crippen LogP contribution in [0.25, 0.3) is 0 Å². The van der Waals surface area contributed by atoms with Crippen molar-refractivity contribution >= 4 is 33.0 Å². The van der Waals surface area contributed by atoms with Crippen molar-refractivity contribution in [3.8, 4) is 5.75 Å². The van der Waals surface area contributed by atoms with Gasteiger partial charge in [-0.1, -0.05) is 0 Å². The maximum Gasteiger partial charge on any atom is 0.275 e. The van der Waals surface area contributed by atoms with E-state index in [1.165, 1.54) is 41.3 Å². The highest BCUT2D eigenvalue weighted by atomic mass is 32.2. The molecule has 0 fully saturated rings. The monoisotopic (exact) mass is 363 g/mol. The van der Waals surface area contributed by atoms with Crippen LogP contribution in [-0.4, -0.2) is 26.2 Å². The normalized spacial score (nSPS) is 16.2. The zero-order valence-electron chi connectivity index (χ0n) is 13.8. The van der Waals surface area contributed by atoms with E-state index >= 15 is 0 Å². The van der Waals surface area contributed by atoms with Crippen LogP contribution in [0.4, 0.5) is 21.5 Å². The van der Waals surface area contributed by atoms with E-state index in [0.717, 1.165) is 6.26 Å². The number of sulfonamides is 1. The van der Waals surface area contributed by atoms with Gasteiger partial charge in [0.1, 0.15) is 11.6 Å². The molecule has 1 aliphatic heterocycles. The molecule has 0 atom stereocenters. The van der Waals surface area contributed by atoms with Crippen LogP contribution in [0.3, 0.4) is 0 Å². The van der Waals surface area contributed by atoms with Crippen molar-refractivity contribution < 1.29 is 22.3 Å². The number of ether oxygens (including phenoxy) is 1. The maximum atomic E-state index is 13.2. The molecule has 131 valence electrons. The molecular weight excluding hydrogens is 347 g/mol. The van der Waals surface area contributed by atoms with Gasteiger partial charge in [0.15, 0.2) is 5.60 Å². The number of hydrogen-bond acceptors (Lipinski definition) is 4. The summed E-state index contributed by atoms with van der Waals surface area (Å²) in [5.74, 6) is -0.425. The minimum atomic E-state index is -3.47. The van der Waals surface area contributed by atoms with Gasteiger partial charge in [0.2, 0.25) is 10.0 Å². The molecular formula is C17H16FN2O4S. The average Bonchev–Trinajstić information content (AvgIpc) is 2.48. The third-order valence-electron chi connectivity index (χ3n) is 3.60. The first-order valence-corrected chi connectivity index (χ1v) is 9.29. The van der Waals surface area contributed by atoms with E-state index < -0.39 is 21.4 Å². The predicted octanol–water partition coefficient (Wildman–Crippen LogP) is 2.83. The van der Waals surface area contributed by atoms with Crippen LogP contribution >= 0.6 is 0 Å². The van der Waals surface area contributed by atoms with Gasteiger partial charge < -0.3 is 4.74 Å². The topological polar surface area (TPSA) is 75.7 Å². The van der Waals surface area contributed by atoms with Gasteiger partial charge in [-0.05, 0) is 44.2 Å². The zero-order valence-corrected chi connectivity index (χ0v) is 14.6. The molecule has 1 amide bonds. The molecule has 1 heterocycles. The number of rotatable bonds is 3. The van der Waals surface area contributed by atoms with Crippen LogP contribution in [0.15, 0.2) is 36.4 Å². The van der Waals surface area contributed by atoms with Crippen molar-refractivity contribution in [1.82, 2.24) is 0 Å². The second-order valence-corrected chi connectivity index (χ2v) is 7.95. The van der Waals surface area contributed by atoms with Crippen LogP contribution in [0.2, 0.25) is 0 Å². The van der Waals surface area contributed by atoms with Crippen molar-refractivity contribution in [2.45, 2.75) is 19.4 Å². The van der Waals surface area contributed by atoms with Crippen molar-refractivity contribution in [2.24, 2.45) is 0 Å². The summed E-state index contributed by atoms with van der Waals surface area (Å²) < 4.78 is 44.1. The Morgan fingerprint density at radius 1 is 1.24 bits per heavy atom. The Bertz CT molecular complexity index is 940. The fraction of sp³-hybridized carbons (Fsp3) is 0.235. The molecule has 1 aliphatic rings. The number of anilines is 3. The van der Waals surface area contributed by atoms with Crippen molar-refractivity contribution in [3.63, 3.8) is 0 Å². The average molecular weight is 363 g/mol. The molecule has 1 N–H and O–H groups in total. The van der Waals surface area contributed by atoms with Crippen LogP contribution in [0.5, 0.6) is 5.75 Å². The number of benzene rings is 2. The molecule has 0 saturated carbocycles. The van der Waals surface area contributed by atoms with Crippen LogP contribution in [-0.2, 0) is 14.8 Å². The van der Waals surface area contributed by atoms with E-state index in [9.17, 15) is 17.6 Å². The van der Waals surface area contributed by atoms with Gasteiger partial charge in [0, 0.05) is 17.8 Å². The van der Waals surface area contributed by atoms with Gasteiger partial charge >= 0.3 is 0 Å². The molecule has 3 rings (SSSR count). The zero-order chi connectivity index (χ0) is 18.4. The first-order chi connectivity index (χ1) is 11.6. The second-order valence-electron chi connectivity index (χ2n) is 6.20. The standard InChI is InChI=1S/C17H16FN2O4S/c1-17(2)16(21)20(13-7-4-11(18)5-8-13)14-9-6-12(10-15(14)24-17)19-25(3,22)23/h4-5,7-10,19H,1-3H3. The lowest BCUT2D eigenvalue weighted by atomic mass is 10.0. The van der Waals surface area contributed by atoms with Crippen molar-refractivity contribution in [3.05, 3.63) is 48.3 Å². The van der Waals surface area contributed by atoms with E-state index in [1.807, 2.05) is 0 Å². The fourth-order valence-electron chi connectivity index (χ4n) is 2.52. The number of amides is 1. The summed E-state index contributed by atoms with van der Waals surface area (Å²) in [5, 5.41) is 0. The second kappa shape index (κ2) is 5.73. The van der Waals surface area contributed by atoms with Crippen molar-refractivity contribution in [1.29, 1.82) is 0 Å². The van der Waals surface area contributed by atoms with Gasteiger partial charge in [-0.25, -0.2) is 12.8 Å². The summed E-state index contributed by atoms with van der Waals surface area (Å²) >= 11 is 0. The highest BCUT2D eigenvalue weighted by Gasteiger charge is 2.41. The molecule has 0 aliphatic carbocycles. The third kappa shape index (κ3) is 3.43. The van der Waals surface area contributed by atoms with E-state index in [1.54, 1.807) is 13.8 Å². The Morgan fingerprint density at radius 3 is 2.48 bits per heavy atom. The Hall–Kier alpha value is -2.61. The molecule has 8 heteroatoms. The SMILES string of the molecule is CC1(C)Oc2cc(NS(C)(=O)=O)[c]cc2N(c2ccc(F)cc2)C1=O. The van der Waals surface area contributed by atoms with Crippen molar-refractivity contribution in [2.75, 3.05) is 15.9 Å². The quantitative estimate of drug-likeness (QED) is 0.910.